The minimum atomic E-state index is -0.0311. The van der Waals surface area contributed by atoms with Gasteiger partial charge in [-0.1, -0.05) is 25.0 Å². The topological polar surface area (TPSA) is 55.4 Å². The first kappa shape index (κ1) is 16.2. The van der Waals surface area contributed by atoms with Gasteiger partial charge in [0.25, 0.3) is 0 Å². The van der Waals surface area contributed by atoms with Crippen LogP contribution in [-0.2, 0) is 14.3 Å². The highest BCUT2D eigenvalue weighted by Gasteiger charge is 2.56. The van der Waals surface area contributed by atoms with Gasteiger partial charge in [-0.2, -0.15) is 0 Å². The van der Waals surface area contributed by atoms with Crippen molar-refractivity contribution in [2.45, 2.75) is 71.3 Å². The fourth-order valence-electron chi connectivity index (χ4n) is 6.46. The fraction of sp³-hybridized carbons (Fsp3) is 0.800. The fourth-order valence-corrected chi connectivity index (χ4v) is 6.46. The molecule has 0 bridgehead atoms. The molecule has 0 spiro atoms. The van der Waals surface area contributed by atoms with Gasteiger partial charge in [0.2, 0.25) is 5.91 Å². The van der Waals surface area contributed by atoms with Crippen molar-refractivity contribution in [3.05, 3.63) is 11.1 Å². The Morgan fingerprint density at radius 2 is 1.92 bits per heavy atom. The number of esters is 1. The highest BCUT2D eigenvalue weighted by Crippen LogP contribution is 2.62. The van der Waals surface area contributed by atoms with E-state index in [0.29, 0.717) is 18.4 Å². The van der Waals surface area contributed by atoms with Gasteiger partial charge in [-0.3, -0.25) is 9.59 Å². The van der Waals surface area contributed by atoms with E-state index in [4.69, 9.17) is 4.74 Å². The summed E-state index contributed by atoms with van der Waals surface area (Å²) in [5.74, 6) is 0.802. The van der Waals surface area contributed by atoms with Gasteiger partial charge in [-0.05, 0) is 56.3 Å². The van der Waals surface area contributed by atoms with Crippen LogP contribution in [0.25, 0.3) is 0 Å². The van der Waals surface area contributed by atoms with Gasteiger partial charge in [-0.15, -0.1) is 0 Å². The molecular formula is C20H29NO3. The molecule has 1 amide bonds. The van der Waals surface area contributed by atoms with Crippen LogP contribution in [0, 0.1) is 22.7 Å². The molecule has 4 heteroatoms. The van der Waals surface area contributed by atoms with Crippen molar-refractivity contribution >= 4 is 11.9 Å². The predicted molar refractivity (Wildman–Crippen MR) is 91.1 cm³/mol. The monoisotopic (exact) mass is 331 g/mol. The Morgan fingerprint density at radius 1 is 1.12 bits per heavy atom. The third kappa shape index (κ3) is 2.04. The lowest BCUT2D eigenvalue weighted by atomic mass is 9.52. The van der Waals surface area contributed by atoms with E-state index in [0.717, 1.165) is 44.9 Å². The third-order valence-electron chi connectivity index (χ3n) is 7.91. The number of ether oxygens (including phenoxy) is 1. The number of rotatable bonds is 1. The Hall–Kier alpha value is -1.32. The molecule has 1 saturated heterocycles. The second kappa shape index (κ2) is 5.34. The van der Waals surface area contributed by atoms with Crippen LogP contribution in [-0.4, -0.2) is 25.0 Å². The summed E-state index contributed by atoms with van der Waals surface area (Å²) in [6, 6.07) is 0.329. The summed E-state index contributed by atoms with van der Waals surface area (Å²) in [7, 11) is 1.51. The first-order chi connectivity index (χ1) is 11.4. The summed E-state index contributed by atoms with van der Waals surface area (Å²) >= 11 is 0. The SMILES string of the molecule is COC(=O)[C@H]1CCC2=C3CC[C@H]4NC(=O)CC[C@]4(C)[C@H]3CC[C@@]21C. The van der Waals surface area contributed by atoms with Crippen molar-refractivity contribution in [3.63, 3.8) is 0 Å². The van der Waals surface area contributed by atoms with Crippen LogP contribution in [0.1, 0.15) is 65.2 Å². The van der Waals surface area contributed by atoms with E-state index in [1.807, 2.05) is 0 Å². The summed E-state index contributed by atoms with van der Waals surface area (Å²) < 4.78 is 5.09. The van der Waals surface area contributed by atoms with Gasteiger partial charge in [0.1, 0.15) is 0 Å². The molecule has 0 aromatic carbocycles. The Kier molecular flexibility index (Phi) is 3.59. The van der Waals surface area contributed by atoms with Crippen LogP contribution in [0.15, 0.2) is 11.1 Å². The molecule has 3 aliphatic carbocycles. The average molecular weight is 331 g/mol. The molecule has 0 aromatic rings. The van der Waals surface area contributed by atoms with Crippen LogP contribution in [0.2, 0.25) is 0 Å². The molecule has 1 heterocycles. The highest BCUT2D eigenvalue weighted by molar-refractivity contribution is 5.77. The Labute approximate surface area is 144 Å². The molecule has 2 saturated carbocycles. The molecule has 1 N–H and O–H groups in total. The van der Waals surface area contributed by atoms with Crippen molar-refractivity contribution in [3.8, 4) is 0 Å². The first-order valence-corrected chi connectivity index (χ1v) is 9.50. The molecule has 5 atom stereocenters. The molecule has 4 rings (SSSR count). The van der Waals surface area contributed by atoms with Gasteiger partial charge in [0.05, 0.1) is 13.0 Å². The maximum Gasteiger partial charge on any atom is 0.309 e. The number of methoxy groups -OCH3 is 1. The summed E-state index contributed by atoms with van der Waals surface area (Å²) in [6.45, 7) is 4.67. The highest BCUT2D eigenvalue weighted by atomic mass is 16.5. The molecule has 4 aliphatic rings. The Bertz CT molecular complexity index is 624. The molecule has 3 fully saturated rings. The second-order valence-corrected chi connectivity index (χ2v) is 8.79. The van der Waals surface area contributed by atoms with Crippen LogP contribution in [0.5, 0.6) is 0 Å². The van der Waals surface area contributed by atoms with E-state index in [1.54, 1.807) is 11.1 Å². The van der Waals surface area contributed by atoms with Crippen molar-refractivity contribution in [2.24, 2.45) is 22.7 Å². The van der Waals surface area contributed by atoms with Crippen molar-refractivity contribution in [1.82, 2.24) is 5.32 Å². The summed E-state index contributed by atoms with van der Waals surface area (Å²) in [4.78, 5) is 24.1. The molecule has 0 unspecified atom stereocenters. The van der Waals surface area contributed by atoms with Crippen LogP contribution in [0.4, 0.5) is 0 Å². The van der Waals surface area contributed by atoms with Gasteiger partial charge < -0.3 is 10.1 Å². The van der Waals surface area contributed by atoms with Crippen molar-refractivity contribution in [2.75, 3.05) is 7.11 Å². The quantitative estimate of drug-likeness (QED) is 0.592. The zero-order valence-corrected chi connectivity index (χ0v) is 15.1. The predicted octanol–water partition coefficient (Wildman–Crippen LogP) is 3.36. The minimum absolute atomic E-state index is 0.0000378. The van der Waals surface area contributed by atoms with Crippen molar-refractivity contribution < 1.29 is 14.3 Å². The molecule has 0 aromatic heterocycles. The first-order valence-electron chi connectivity index (χ1n) is 9.50. The van der Waals surface area contributed by atoms with Gasteiger partial charge in [0, 0.05) is 17.9 Å². The van der Waals surface area contributed by atoms with E-state index in [2.05, 4.69) is 19.2 Å². The Morgan fingerprint density at radius 3 is 2.67 bits per heavy atom. The third-order valence-corrected chi connectivity index (χ3v) is 7.91. The molecule has 24 heavy (non-hydrogen) atoms. The van der Waals surface area contributed by atoms with Crippen LogP contribution in [0.3, 0.4) is 0 Å². The van der Waals surface area contributed by atoms with Crippen LogP contribution >= 0.6 is 0 Å². The zero-order valence-electron chi connectivity index (χ0n) is 15.1. The minimum Gasteiger partial charge on any atom is -0.469 e. The number of carbonyl (C=O) groups is 2. The lowest BCUT2D eigenvalue weighted by molar-refractivity contribution is -0.149. The van der Waals surface area contributed by atoms with E-state index >= 15 is 0 Å². The summed E-state index contributed by atoms with van der Waals surface area (Å²) in [5, 5.41) is 3.26. The largest absolute Gasteiger partial charge is 0.469 e. The van der Waals surface area contributed by atoms with Gasteiger partial charge >= 0.3 is 5.97 Å². The number of hydrogen-bond acceptors (Lipinski definition) is 3. The normalized spacial score (nSPS) is 44.3. The van der Waals surface area contributed by atoms with E-state index in [-0.39, 0.29) is 28.6 Å². The maximum absolute atomic E-state index is 12.3. The second-order valence-electron chi connectivity index (χ2n) is 8.79. The van der Waals surface area contributed by atoms with E-state index in [9.17, 15) is 9.59 Å². The number of amides is 1. The van der Waals surface area contributed by atoms with Gasteiger partial charge in [-0.25, -0.2) is 0 Å². The number of fused-ring (bicyclic) bond motifs is 4. The molecule has 4 nitrogen and oxygen atoms in total. The van der Waals surface area contributed by atoms with Crippen molar-refractivity contribution in [1.29, 1.82) is 0 Å². The van der Waals surface area contributed by atoms with E-state index < -0.39 is 0 Å². The maximum atomic E-state index is 12.3. The Balaban J connectivity index is 1.71. The molecule has 1 aliphatic heterocycles. The standard InChI is InChI=1S/C20H29NO3/c1-19-10-8-14-12(13(19)5-6-15(19)18(23)24-3)4-7-16-20(14,2)11-9-17(22)21-16/h14-16H,4-11H2,1-3H3,(H,21,22)/t14-,15+,16+,19-,20+/m0/s1. The summed E-state index contributed by atoms with van der Waals surface area (Å²) in [6.07, 6.45) is 8.01. The number of allylic oxidation sites excluding steroid dienone is 2. The van der Waals surface area contributed by atoms with E-state index in [1.165, 1.54) is 7.11 Å². The molecular weight excluding hydrogens is 302 g/mol. The molecule has 132 valence electrons. The van der Waals surface area contributed by atoms with Gasteiger partial charge in [0.15, 0.2) is 0 Å². The number of carbonyl (C=O) groups excluding carboxylic acids is 2. The lowest BCUT2D eigenvalue weighted by Crippen LogP contribution is -2.57. The zero-order chi connectivity index (χ0) is 17.1. The number of hydrogen-bond donors (Lipinski definition) is 1. The number of nitrogens with one attached hydrogen (secondary N) is 1. The average Bonchev–Trinajstić information content (AvgIpc) is 2.92. The lowest BCUT2D eigenvalue weighted by Gasteiger charge is -2.55. The summed E-state index contributed by atoms with van der Waals surface area (Å²) in [5.41, 5.74) is 3.38. The number of piperidine rings is 1. The van der Waals surface area contributed by atoms with Crippen LogP contribution < -0.4 is 5.32 Å². The molecule has 0 radical (unpaired) electrons. The smallest absolute Gasteiger partial charge is 0.309 e.